The highest BCUT2D eigenvalue weighted by atomic mass is 32.1. The van der Waals surface area contributed by atoms with Crippen LogP contribution in [0, 0.1) is 9.54 Å². The van der Waals surface area contributed by atoms with Gasteiger partial charge in [0.15, 0.2) is 9.54 Å². The number of alkyl halides is 3. The van der Waals surface area contributed by atoms with Crippen molar-refractivity contribution >= 4 is 24.4 Å². The van der Waals surface area contributed by atoms with Crippen LogP contribution in [-0.4, -0.2) is 28.5 Å². The fourth-order valence-corrected chi connectivity index (χ4v) is 3.91. The molecular weight excluding hydrogens is 481 g/mol. The molecule has 0 atom stereocenters. The molecule has 2 aromatic heterocycles. The van der Waals surface area contributed by atoms with Crippen molar-refractivity contribution in [1.82, 2.24) is 18.3 Å². The fourth-order valence-electron chi connectivity index (χ4n) is 3.57. The first-order valence-electron chi connectivity index (χ1n) is 9.35. The van der Waals surface area contributed by atoms with Crippen molar-refractivity contribution in [3.63, 3.8) is 0 Å². The van der Waals surface area contributed by atoms with E-state index in [0.29, 0.717) is 0 Å². The predicted molar refractivity (Wildman–Crippen MR) is 119 cm³/mol. The van der Waals surface area contributed by atoms with Gasteiger partial charge in [-0.3, -0.25) is 27.9 Å². The highest BCUT2D eigenvalue weighted by Gasteiger charge is 2.34. The normalized spacial score (nSPS) is 11.9. The minimum absolute atomic E-state index is 0.0315. The lowest BCUT2D eigenvalue weighted by atomic mass is 9.86. The lowest BCUT2D eigenvalue weighted by Crippen LogP contribution is -2.33. The van der Waals surface area contributed by atoms with Crippen LogP contribution in [0.3, 0.4) is 0 Å². The molecule has 8 nitrogen and oxygen atoms in total. The van der Waals surface area contributed by atoms with E-state index in [1.165, 1.54) is 28.2 Å². The molecule has 0 aliphatic heterocycles. The molecule has 0 saturated carbocycles. The largest absolute Gasteiger partial charge is 0.494 e. The summed E-state index contributed by atoms with van der Waals surface area (Å²) in [6.07, 6.45) is -4.61. The second-order valence-electron chi connectivity index (χ2n) is 7.44. The molecule has 0 unspecified atom stereocenters. The van der Waals surface area contributed by atoms with Gasteiger partial charge < -0.3 is 10.2 Å². The zero-order valence-electron chi connectivity index (χ0n) is 17.8. The Bertz CT molecular complexity index is 1410. The Morgan fingerprint density at radius 1 is 0.758 bits per heavy atom. The van der Waals surface area contributed by atoms with Gasteiger partial charge in [-0.05, 0) is 42.1 Å². The van der Waals surface area contributed by atoms with Gasteiger partial charge in [-0.1, -0.05) is 12.1 Å². The van der Waals surface area contributed by atoms with Crippen molar-refractivity contribution in [2.24, 2.45) is 28.2 Å². The van der Waals surface area contributed by atoms with Crippen molar-refractivity contribution in [2.75, 3.05) is 0 Å². The van der Waals surface area contributed by atoms with Gasteiger partial charge in [0.25, 0.3) is 11.1 Å². The molecule has 0 aliphatic rings. The fraction of sp³-hybridized carbons (Fsp3) is 0.300. The minimum Gasteiger partial charge on any atom is -0.494 e. The monoisotopic (exact) mass is 500 g/mol. The molecule has 0 bridgehead atoms. The molecule has 33 heavy (non-hydrogen) atoms. The Morgan fingerprint density at radius 2 is 1.12 bits per heavy atom. The first-order valence-corrected chi connectivity index (χ1v) is 10.2. The first-order chi connectivity index (χ1) is 15.2. The van der Waals surface area contributed by atoms with E-state index in [9.17, 15) is 33.0 Å². The lowest BCUT2D eigenvalue weighted by molar-refractivity contribution is -0.137. The number of hydrogen-bond acceptors (Lipinski definition) is 6. The molecule has 13 heteroatoms. The van der Waals surface area contributed by atoms with E-state index in [1.54, 1.807) is 0 Å². The van der Waals surface area contributed by atoms with Gasteiger partial charge in [0.1, 0.15) is 0 Å². The van der Waals surface area contributed by atoms with Crippen LogP contribution in [0.25, 0.3) is 0 Å². The summed E-state index contributed by atoms with van der Waals surface area (Å²) in [5.74, 6) is -2.63. The highest BCUT2D eigenvalue weighted by Crippen LogP contribution is 2.38. The summed E-state index contributed by atoms with van der Waals surface area (Å²) < 4.78 is 43.6. The van der Waals surface area contributed by atoms with Gasteiger partial charge in [0, 0.05) is 28.2 Å². The molecule has 0 amide bonds. The van der Waals surface area contributed by atoms with Crippen LogP contribution in [0.1, 0.15) is 28.2 Å². The second kappa shape index (κ2) is 8.30. The van der Waals surface area contributed by atoms with Crippen molar-refractivity contribution in [3.8, 4) is 11.8 Å². The third kappa shape index (κ3) is 3.91. The van der Waals surface area contributed by atoms with Crippen molar-refractivity contribution < 1.29 is 23.4 Å². The molecule has 2 heterocycles. The van der Waals surface area contributed by atoms with Crippen molar-refractivity contribution in [1.29, 1.82) is 0 Å². The lowest BCUT2D eigenvalue weighted by Gasteiger charge is -2.23. The molecule has 0 fully saturated rings. The zero-order chi connectivity index (χ0) is 25.0. The van der Waals surface area contributed by atoms with Gasteiger partial charge >= 0.3 is 6.18 Å². The number of nitrogens with zero attached hydrogens (tertiary/aromatic N) is 4. The van der Waals surface area contributed by atoms with Crippen molar-refractivity contribution in [3.05, 3.63) is 76.8 Å². The quantitative estimate of drug-likeness (QED) is 0.538. The Kier molecular flexibility index (Phi) is 6.15. The standard InChI is InChI=1S/C20H19F3N4O4S2/c1-24-14(28)12(15(29)25(2)18(24)32)11(9-5-7-10(8-6-9)20(21,22)23)13-16(30)26(3)19(33)27(4)17(13)31/h5-8,11,28,30H,1-4H3. The van der Waals surface area contributed by atoms with Crippen LogP contribution in [0.5, 0.6) is 11.8 Å². The Labute approximate surface area is 195 Å². The van der Waals surface area contributed by atoms with E-state index in [1.807, 2.05) is 0 Å². The maximum absolute atomic E-state index is 13.2. The Morgan fingerprint density at radius 3 is 1.45 bits per heavy atom. The average Bonchev–Trinajstić information content (AvgIpc) is 2.77. The van der Waals surface area contributed by atoms with E-state index in [4.69, 9.17) is 24.4 Å². The number of aromatic hydroxyl groups is 2. The predicted octanol–water partition coefficient (Wildman–Crippen LogP) is 2.83. The average molecular weight is 501 g/mol. The van der Waals surface area contributed by atoms with E-state index < -0.39 is 40.5 Å². The van der Waals surface area contributed by atoms with Crippen LogP contribution in [0.2, 0.25) is 0 Å². The maximum Gasteiger partial charge on any atom is 0.416 e. The van der Waals surface area contributed by atoms with E-state index in [0.717, 1.165) is 42.5 Å². The van der Waals surface area contributed by atoms with Crippen LogP contribution >= 0.6 is 24.4 Å². The number of hydrogen-bond donors (Lipinski definition) is 2. The highest BCUT2D eigenvalue weighted by molar-refractivity contribution is 7.71. The smallest absolute Gasteiger partial charge is 0.416 e. The minimum atomic E-state index is -4.61. The van der Waals surface area contributed by atoms with Crippen LogP contribution < -0.4 is 11.1 Å². The third-order valence-electron chi connectivity index (χ3n) is 5.48. The zero-order valence-corrected chi connectivity index (χ0v) is 19.5. The van der Waals surface area contributed by atoms with Crippen LogP contribution in [0.4, 0.5) is 13.2 Å². The summed E-state index contributed by atoms with van der Waals surface area (Å²) in [5, 5.41) is 21.6. The molecule has 176 valence electrons. The van der Waals surface area contributed by atoms with E-state index in [-0.39, 0.29) is 26.2 Å². The molecule has 2 N–H and O–H groups in total. The summed E-state index contributed by atoms with van der Waals surface area (Å²) in [6.45, 7) is 0. The van der Waals surface area contributed by atoms with Gasteiger partial charge in [-0.15, -0.1) is 0 Å². The van der Waals surface area contributed by atoms with Gasteiger partial charge in [0.2, 0.25) is 11.8 Å². The number of halogens is 3. The molecule has 0 spiro atoms. The van der Waals surface area contributed by atoms with Gasteiger partial charge in [-0.2, -0.15) is 13.2 Å². The molecule has 0 saturated heterocycles. The van der Waals surface area contributed by atoms with Crippen LogP contribution in [-0.2, 0) is 34.4 Å². The molecule has 0 aliphatic carbocycles. The summed E-state index contributed by atoms with van der Waals surface area (Å²) in [7, 11) is 5.47. The summed E-state index contributed by atoms with van der Waals surface area (Å²) in [6, 6.07) is 3.73. The topological polar surface area (TPSA) is 94.3 Å². The SMILES string of the molecule is Cn1c(O)c(C(c2ccc(C(F)(F)F)cc2)c2c(O)n(C)c(=S)n(C)c2=O)c(=O)n(C)c1=S. The number of aromatic nitrogens is 4. The van der Waals surface area contributed by atoms with Crippen LogP contribution in [0.15, 0.2) is 33.9 Å². The molecule has 1 aromatic carbocycles. The number of rotatable bonds is 3. The van der Waals surface area contributed by atoms with Gasteiger partial charge in [0.05, 0.1) is 22.6 Å². The maximum atomic E-state index is 13.2. The molecule has 3 rings (SSSR count). The first kappa shape index (κ1) is 24.5. The van der Waals surface area contributed by atoms with Gasteiger partial charge in [-0.25, -0.2) is 0 Å². The second-order valence-corrected chi connectivity index (χ2v) is 8.17. The molecular formula is C20H19F3N4O4S2. The Balaban J connectivity index is 2.52. The Hall–Kier alpha value is -3.19. The third-order valence-corrected chi connectivity index (χ3v) is 6.58. The van der Waals surface area contributed by atoms with E-state index >= 15 is 0 Å². The summed E-state index contributed by atoms with van der Waals surface area (Å²) in [4.78, 5) is 26.3. The molecule has 0 radical (unpaired) electrons. The molecule has 3 aromatic rings. The number of benzene rings is 1. The van der Waals surface area contributed by atoms with Crippen molar-refractivity contribution in [2.45, 2.75) is 12.1 Å². The summed E-state index contributed by atoms with van der Waals surface area (Å²) in [5.41, 5.74) is -3.16. The summed E-state index contributed by atoms with van der Waals surface area (Å²) >= 11 is 10.3. The van der Waals surface area contributed by atoms with E-state index in [2.05, 4.69) is 0 Å².